The minimum atomic E-state index is -0.281. The molecule has 3 aromatic rings. The van der Waals surface area contributed by atoms with Crippen molar-refractivity contribution in [3.63, 3.8) is 0 Å². The number of nitrogens with zero attached hydrogens (tertiary/aromatic N) is 5. The van der Waals surface area contributed by atoms with Crippen LogP contribution in [0.25, 0.3) is 11.4 Å². The fourth-order valence-corrected chi connectivity index (χ4v) is 2.48. The van der Waals surface area contributed by atoms with Gasteiger partial charge in [-0.25, -0.2) is 0 Å². The first kappa shape index (κ1) is 18.0. The Bertz CT molecular complexity index is 993. The van der Waals surface area contributed by atoms with Crippen molar-refractivity contribution >= 4 is 23.2 Å². The van der Waals surface area contributed by atoms with Gasteiger partial charge < -0.3 is 14.8 Å². The van der Waals surface area contributed by atoms with Crippen LogP contribution in [0.15, 0.2) is 61.7 Å². The molecule has 0 aliphatic heterocycles. The third-order valence-corrected chi connectivity index (χ3v) is 3.99. The number of anilines is 2. The lowest BCUT2D eigenvalue weighted by Crippen LogP contribution is -2.23. The Morgan fingerprint density at radius 1 is 1.22 bits per heavy atom. The van der Waals surface area contributed by atoms with Crippen molar-refractivity contribution < 1.29 is 9.59 Å². The van der Waals surface area contributed by atoms with Gasteiger partial charge in [-0.2, -0.15) is 0 Å². The van der Waals surface area contributed by atoms with Gasteiger partial charge >= 0.3 is 0 Å². The van der Waals surface area contributed by atoms with E-state index in [2.05, 4.69) is 27.1 Å². The molecule has 1 aromatic carbocycles. The Morgan fingerprint density at radius 2 is 1.96 bits per heavy atom. The smallest absolute Gasteiger partial charge is 0.255 e. The van der Waals surface area contributed by atoms with E-state index in [9.17, 15) is 9.59 Å². The second-order valence-corrected chi connectivity index (χ2v) is 5.83. The molecule has 2 aromatic heterocycles. The molecule has 0 spiro atoms. The van der Waals surface area contributed by atoms with Crippen LogP contribution in [0.4, 0.5) is 11.4 Å². The van der Waals surface area contributed by atoms with E-state index in [0.717, 1.165) is 5.56 Å². The van der Waals surface area contributed by atoms with Gasteiger partial charge in [0.05, 0.1) is 11.9 Å². The zero-order valence-corrected chi connectivity index (χ0v) is 15.0. The topological polar surface area (TPSA) is 93.0 Å². The molecule has 3 rings (SSSR count). The number of likely N-dealkylation sites (N-methyl/N-ethyl adjacent to an activating group) is 1. The van der Waals surface area contributed by atoms with Crippen molar-refractivity contribution in [1.29, 1.82) is 0 Å². The van der Waals surface area contributed by atoms with Crippen molar-refractivity contribution in [3.8, 4) is 11.4 Å². The Hall–Kier alpha value is -3.81. The quantitative estimate of drug-likeness (QED) is 0.703. The summed E-state index contributed by atoms with van der Waals surface area (Å²) < 4.78 is 1.77. The van der Waals surface area contributed by atoms with Gasteiger partial charge in [0.25, 0.3) is 5.91 Å². The molecule has 0 fully saturated rings. The molecule has 0 radical (unpaired) electrons. The van der Waals surface area contributed by atoms with Crippen LogP contribution in [0.5, 0.6) is 0 Å². The monoisotopic (exact) mass is 362 g/mol. The molecule has 0 aliphatic rings. The molecule has 0 atom stereocenters. The molecule has 8 heteroatoms. The molecule has 8 nitrogen and oxygen atoms in total. The van der Waals surface area contributed by atoms with Crippen molar-refractivity contribution in [2.45, 2.75) is 0 Å². The average Bonchev–Trinajstić information content (AvgIpc) is 3.13. The third kappa shape index (κ3) is 3.90. The summed E-state index contributed by atoms with van der Waals surface area (Å²) in [5.41, 5.74) is 2.42. The van der Waals surface area contributed by atoms with Crippen molar-refractivity contribution in [3.05, 3.63) is 67.3 Å². The average molecular weight is 362 g/mol. The summed E-state index contributed by atoms with van der Waals surface area (Å²) in [7, 11) is 3.47. The van der Waals surface area contributed by atoms with E-state index >= 15 is 0 Å². The summed E-state index contributed by atoms with van der Waals surface area (Å²) in [4.78, 5) is 29.7. The van der Waals surface area contributed by atoms with E-state index in [0.29, 0.717) is 22.8 Å². The van der Waals surface area contributed by atoms with Gasteiger partial charge in [-0.3, -0.25) is 14.6 Å². The first-order chi connectivity index (χ1) is 13.0. The van der Waals surface area contributed by atoms with Crippen LogP contribution < -0.4 is 10.2 Å². The Morgan fingerprint density at radius 3 is 2.59 bits per heavy atom. The molecule has 0 unspecified atom stereocenters. The number of aromatic nitrogens is 4. The predicted octanol–water partition coefficient (Wildman–Crippen LogP) is 2.28. The summed E-state index contributed by atoms with van der Waals surface area (Å²) in [5, 5.41) is 10.7. The molecule has 0 bridgehead atoms. The van der Waals surface area contributed by atoms with E-state index in [1.165, 1.54) is 11.0 Å². The van der Waals surface area contributed by atoms with E-state index in [-0.39, 0.29) is 11.8 Å². The Kier molecular flexibility index (Phi) is 5.07. The number of benzene rings is 1. The molecule has 27 heavy (non-hydrogen) atoms. The Balaban J connectivity index is 1.75. The molecule has 1 N–H and O–H groups in total. The van der Waals surface area contributed by atoms with Crippen molar-refractivity contribution in [2.75, 3.05) is 17.3 Å². The first-order valence-corrected chi connectivity index (χ1v) is 8.10. The molecule has 2 amide bonds. The number of nitrogens with one attached hydrogen (secondary N) is 1. The van der Waals surface area contributed by atoms with Crippen LogP contribution in [0.2, 0.25) is 0 Å². The number of carbonyl (C=O) groups excluding carboxylic acids is 2. The zero-order valence-electron chi connectivity index (χ0n) is 15.0. The molecular weight excluding hydrogens is 344 g/mol. The second kappa shape index (κ2) is 7.61. The van der Waals surface area contributed by atoms with E-state index in [4.69, 9.17) is 0 Å². The van der Waals surface area contributed by atoms with Crippen LogP contribution in [0, 0.1) is 0 Å². The van der Waals surface area contributed by atoms with Gasteiger partial charge in [0, 0.05) is 37.1 Å². The molecule has 0 aliphatic carbocycles. The van der Waals surface area contributed by atoms with E-state index in [1.54, 1.807) is 60.7 Å². The number of hydrogen-bond donors (Lipinski definition) is 1. The summed E-state index contributed by atoms with van der Waals surface area (Å²) in [6.07, 6.45) is 6.04. The normalized spacial score (nSPS) is 10.3. The first-order valence-electron chi connectivity index (χ1n) is 8.10. The van der Waals surface area contributed by atoms with Crippen molar-refractivity contribution in [1.82, 2.24) is 19.7 Å². The minimum Gasteiger partial charge on any atom is -0.321 e. The van der Waals surface area contributed by atoms with E-state index < -0.39 is 0 Å². The number of carbonyl (C=O) groups is 2. The fourth-order valence-electron chi connectivity index (χ4n) is 2.48. The lowest BCUT2D eigenvalue weighted by molar-refractivity contribution is -0.113. The highest BCUT2D eigenvalue weighted by atomic mass is 16.2. The lowest BCUT2D eigenvalue weighted by Gasteiger charge is -2.15. The number of aryl methyl sites for hydroxylation is 1. The molecular formula is C19H18N6O2. The summed E-state index contributed by atoms with van der Waals surface area (Å²) in [6.45, 7) is 3.46. The number of pyridine rings is 1. The highest BCUT2D eigenvalue weighted by Gasteiger charge is 2.11. The molecule has 0 saturated heterocycles. The molecule has 0 saturated carbocycles. The van der Waals surface area contributed by atoms with Crippen LogP contribution in [0.3, 0.4) is 0 Å². The zero-order chi connectivity index (χ0) is 19.4. The maximum absolute atomic E-state index is 12.5. The van der Waals surface area contributed by atoms with Crippen LogP contribution >= 0.6 is 0 Å². The third-order valence-electron chi connectivity index (χ3n) is 3.99. The maximum Gasteiger partial charge on any atom is 0.255 e. The van der Waals surface area contributed by atoms with Crippen LogP contribution in [0.1, 0.15) is 10.4 Å². The maximum atomic E-state index is 12.5. The number of rotatable bonds is 5. The Labute approximate surface area is 156 Å². The van der Waals surface area contributed by atoms with Gasteiger partial charge in [-0.05, 0) is 36.4 Å². The van der Waals surface area contributed by atoms with Gasteiger partial charge in [-0.1, -0.05) is 6.58 Å². The van der Waals surface area contributed by atoms with Crippen LogP contribution in [-0.4, -0.2) is 38.6 Å². The largest absolute Gasteiger partial charge is 0.321 e. The number of hydrogen-bond acceptors (Lipinski definition) is 5. The minimum absolute atomic E-state index is 0.223. The second-order valence-electron chi connectivity index (χ2n) is 5.83. The van der Waals surface area contributed by atoms with E-state index in [1.807, 2.05) is 7.05 Å². The summed E-state index contributed by atoms with van der Waals surface area (Å²) in [5.74, 6) is 0.146. The molecule has 136 valence electrons. The molecule has 2 heterocycles. The van der Waals surface area contributed by atoms with Gasteiger partial charge in [-0.15, -0.1) is 10.2 Å². The van der Waals surface area contributed by atoms with Gasteiger partial charge in [0.2, 0.25) is 5.91 Å². The highest BCUT2D eigenvalue weighted by Crippen LogP contribution is 2.20. The standard InChI is InChI=1S/C19H18N6O2/c1-4-17(26)25(3)16-7-5-13(6-8-16)19(27)22-15-9-14(10-20-11-15)18-23-21-12-24(18)2/h4-12H,1H2,2-3H3,(H,22,27). The fraction of sp³-hybridized carbons (Fsp3) is 0.105. The lowest BCUT2D eigenvalue weighted by atomic mass is 10.1. The predicted molar refractivity (Wildman–Crippen MR) is 102 cm³/mol. The highest BCUT2D eigenvalue weighted by molar-refractivity contribution is 6.05. The summed E-state index contributed by atoms with van der Waals surface area (Å²) in [6, 6.07) is 8.48. The SMILES string of the molecule is C=CC(=O)N(C)c1ccc(C(=O)Nc2cncc(-c3nncn3C)c2)cc1. The van der Waals surface area contributed by atoms with Gasteiger partial charge in [0.1, 0.15) is 6.33 Å². The van der Waals surface area contributed by atoms with Gasteiger partial charge in [0.15, 0.2) is 5.82 Å². The number of amides is 2. The van der Waals surface area contributed by atoms with Crippen LogP contribution in [-0.2, 0) is 11.8 Å². The van der Waals surface area contributed by atoms with Crippen molar-refractivity contribution in [2.24, 2.45) is 7.05 Å². The summed E-state index contributed by atoms with van der Waals surface area (Å²) >= 11 is 0.